The summed E-state index contributed by atoms with van der Waals surface area (Å²) >= 11 is 0. The highest BCUT2D eigenvalue weighted by atomic mass is 31.2. The van der Waals surface area contributed by atoms with Crippen LogP contribution in [0.3, 0.4) is 0 Å². The molecule has 4 aromatic rings. The minimum atomic E-state index is -4.32. The topological polar surface area (TPSA) is 269 Å². The first-order valence-electron chi connectivity index (χ1n) is 21.5. The summed E-state index contributed by atoms with van der Waals surface area (Å²) in [4.78, 5) is 54.1. The molecule has 2 aromatic heterocycles. The maximum Gasteiger partial charge on any atom is 0.697 e. The normalized spacial score (nSPS) is 10.9. The van der Waals surface area contributed by atoms with E-state index in [1.165, 1.54) is 74.7 Å². The number of benzene rings is 2. The number of rotatable bonds is 22. The third-order valence-electron chi connectivity index (χ3n) is 8.58. The standard InChI is InChI=1S/C23H34N2O10P2.C17H20N2O6.C4H10O3P/c1-9-31-23(27)19-21(35-37(29,32-10-2)33-11-3)20(34-36(7,8)28)18(22(26)24(4)5)25(19)16-12-14-17(30-6)15-13-16;1-5-25-17(23)13-15(21)14(20)12(16(22)18(2)3)19(13)10-6-8-11(24-4)9-7-10;1-3-6-8(5)7-4-2/h12-15H,9-11H2,1-8H3;6-9,20-21H,5H2,1-4H3;3-4H2,1-2H3/q;;+1. The van der Waals surface area contributed by atoms with Crippen molar-refractivity contribution in [3.8, 4) is 45.9 Å². The van der Waals surface area contributed by atoms with Gasteiger partial charge in [-0.25, -0.2) is 14.2 Å². The van der Waals surface area contributed by atoms with Crippen LogP contribution in [0.15, 0.2) is 48.5 Å². The van der Waals surface area contributed by atoms with E-state index >= 15 is 0 Å². The lowest BCUT2D eigenvalue weighted by Gasteiger charge is -2.19. The van der Waals surface area contributed by atoms with E-state index in [1.807, 2.05) is 0 Å². The molecule has 0 aliphatic carbocycles. The van der Waals surface area contributed by atoms with Gasteiger partial charge in [0.15, 0.2) is 34.3 Å². The van der Waals surface area contributed by atoms with Crippen LogP contribution in [-0.4, -0.2) is 148 Å². The van der Waals surface area contributed by atoms with Crippen molar-refractivity contribution in [3.05, 3.63) is 71.3 Å². The first-order valence-corrected chi connectivity index (χ1v) is 26.6. The second-order valence-corrected chi connectivity index (χ2v) is 19.7. The van der Waals surface area contributed by atoms with Crippen molar-refractivity contribution in [3.63, 3.8) is 0 Å². The number of phosphoric ester groups is 1. The molecule has 0 aliphatic rings. The van der Waals surface area contributed by atoms with Gasteiger partial charge in [-0.1, -0.05) is 0 Å². The number of aromatic nitrogens is 2. The Morgan fingerprint density at radius 3 is 1.29 bits per heavy atom. The van der Waals surface area contributed by atoms with Gasteiger partial charge < -0.3 is 48.0 Å². The first kappa shape index (κ1) is 60.2. The number of aromatic hydroxyl groups is 2. The third kappa shape index (κ3) is 16.1. The van der Waals surface area contributed by atoms with Crippen molar-refractivity contribution in [2.24, 2.45) is 0 Å². The molecule has 26 heteroatoms. The van der Waals surface area contributed by atoms with E-state index in [4.69, 9.17) is 37.0 Å². The fourth-order valence-corrected chi connectivity index (χ4v) is 8.11. The zero-order chi connectivity index (χ0) is 53.1. The SMILES string of the molecule is CCOC(=O)c1c(O)c(O)c(C(=O)N(C)C)n1-c1ccc(OC)cc1.CCOC(=O)c1c(OP(=O)(OCC)OCC)c(OP(C)(C)=O)c(C(=O)N(C)C)n1-c1ccc(OC)cc1.CCO[P+](=O)OCC. The summed E-state index contributed by atoms with van der Waals surface area (Å²) in [7, 11) is -0.552. The van der Waals surface area contributed by atoms with Crippen molar-refractivity contribution in [2.45, 2.75) is 41.5 Å². The highest BCUT2D eigenvalue weighted by Crippen LogP contribution is 2.57. The molecular weight excluding hydrogens is 981 g/mol. The Balaban J connectivity index is 0.000000436. The van der Waals surface area contributed by atoms with Gasteiger partial charge in [0.05, 0.1) is 40.6 Å². The summed E-state index contributed by atoms with van der Waals surface area (Å²) in [6, 6.07) is 12.8. The number of methoxy groups -OCH3 is 2. The molecule has 0 fully saturated rings. The lowest BCUT2D eigenvalue weighted by Crippen LogP contribution is -2.26. The van der Waals surface area contributed by atoms with Crippen LogP contribution in [-0.2, 0) is 41.3 Å². The number of amides is 2. The average Bonchev–Trinajstić information content (AvgIpc) is 3.74. The van der Waals surface area contributed by atoms with Crippen LogP contribution in [0.5, 0.6) is 34.5 Å². The van der Waals surface area contributed by atoms with Crippen molar-refractivity contribution in [2.75, 3.05) is 95.4 Å². The summed E-state index contributed by atoms with van der Waals surface area (Å²) in [5.41, 5.74) is -0.412. The lowest BCUT2D eigenvalue weighted by atomic mass is 10.2. The molecule has 70 heavy (non-hydrogen) atoms. The summed E-state index contributed by atoms with van der Waals surface area (Å²) in [6.07, 6.45) is 0. The van der Waals surface area contributed by atoms with Gasteiger partial charge in [0.25, 0.3) is 11.8 Å². The number of carbonyl (C=O) groups excluding carboxylic acids is 4. The van der Waals surface area contributed by atoms with Gasteiger partial charge in [0, 0.05) is 57.5 Å². The van der Waals surface area contributed by atoms with Crippen LogP contribution >= 0.6 is 23.4 Å². The molecule has 0 saturated heterocycles. The fraction of sp³-hybridized carbons (Fsp3) is 0.455. The quantitative estimate of drug-likeness (QED) is 0.0553. The Bertz CT molecular complexity index is 2480. The molecule has 0 bridgehead atoms. The van der Waals surface area contributed by atoms with Crippen LogP contribution in [0, 0.1) is 0 Å². The van der Waals surface area contributed by atoms with E-state index in [0.717, 1.165) is 0 Å². The Hall–Kier alpha value is -5.92. The van der Waals surface area contributed by atoms with E-state index in [-0.39, 0.29) is 55.0 Å². The molecule has 388 valence electrons. The zero-order valence-corrected chi connectivity index (χ0v) is 44.5. The molecule has 0 spiro atoms. The van der Waals surface area contributed by atoms with E-state index < -0.39 is 64.4 Å². The van der Waals surface area contributed by atoms with E-state index in [2.05, 4.69) is 9.05 Å². The molecule has 0 atom stereocenters. The molecule has 0 radical (unpaired) electrons. The smallest absolute Gasteiger partial charge is 0.503 e. The van der Waals surface area contributed by atoms with Crippen LogP contribution in [0.1, 0.15) is 83.5 Å². The number of nitrogens with zero attached hydrogens (tertiary/aromatic N) is 4. The largest absolute Gasteiger partial charge is 0.697 e. The van der Waals surface area contributed by atoms with Gasteiger partial charge in [-0.2, -0.15) is 0 Å². The molecule has 4 rings (SSSR count). The maximum atomic E-state index is 13.5. The minimum Gasteiger partial charge on any atom is -0.503 e. The second-order valence-electron chi connectivity index (χ2n) is 14.4. The van der Waals surface area contributed by atoms with Crippen LogP contribution in [0.2, 0.25) is 0 Å². The van der Waals surface area contributed by atoms with E-state index in [1.54, 1.807) is 90.1 Å². The average molecular weight is 1050 g/mol. The second kappa shape index (κ2) is 28.1. The predicted molar refractivity (Wildman–Crippen MR) is 258 cm³/mol. The van der Waals surface area contributed by atoms with Gasteiger partial charge in [-0.3, -0.25) is 32.3 Å². The number of ether oxygens (including phenoxy) is 4. The van der Waals surface area contributed by atoms with Crippen molar-refractivity contribution < 1.29 is 89.2 Å². The molecule has 23 nitrogen and oxygen atoms in total. The Labute approximate surface area is 408 Å². The third-order valence-corrected chi connectivity index (χ3v) is 11.7. The molecule has 0 aliphatic heterocycles. The highest BCUT2D eigenvalue weighted by molar-refractivity contribution is 7.57. The number of hydrogen-bond acceptors (Lipinski definition) is 19. The van der Waals surface area contributed by atoms with Crippen molar-refractivity contribution in [1.29, 1.82) is 0 Å². The Morgan fingerprint density at radius 2 is 0.929 bits per heavy atom. The zero-order valence-electron chi connectivity index (χ0n) is 41.8. The van der Waals surface area contributed by atoms with E-state index in [9.17, 15) is 43.1 Å². The molecule has 2 N–H and O–H groups in total. The van der Waals surface area contributed by atoms with Gasteiger partial charge in [0.1, 0.15) is 24.7 Å². The number of hydrogen-bond donors (Lipinski definition) is 2. The van der Waals surface area contributed by atoms with Gasteiger partial charge >= 0.3 is 28.0 Å². The fourth-order valence-electron chi connectivity index (χ4n) is 5.80. The van der Waals surface area contributed by atoms with Crippen LogP contribution < -0.4 is 18.5 Å². The predicted octanol–water partition coefficient (Wildman–Crippen LogP) is 8.33. The minimum absolute atomic E-state index is 0.0200. The maximum absolute atomic E-state index is 13.5. The van der Waals surface area contributed by atoms with Gasteiger partial charge in [0.2, 0.25) is 18.9 Å². The number of carbonyl (C=O) groups is 4. The molecular formula is C44H64N4O19P3+. The molecule has 2 heterocycles. The Morgan fingerprint density at radius 1 is 0.557 bits per heavy atom. The van der Waals surface area contributed by atoms with Crippen molar-refractivity contribution >= 4 is 47.2 Å². The summed E-state index contributed by atoms with van der Waals surface area (Å²) in [5.74, 6) is -4.12. The van der Waals surface area contributed by atoms with E-state index in [0.29, 0.717) is 36.1 Å². The molecule has 0 unspecified atom stereocenters. The number of esters is 2. The lowest BCUT2D eigenvalue weighted by molar-refractivity contribution is 0.0502. The van der Waals surface area contributed by atoms with Crippen molar-refractivity contribution in [1.82, 2.24) is 18.9 Å². The molecule has 2 aromatic carbocycles. The van der Waals surface area contributed by atoms with Gasteiger partial charge in [-0.05, 0) is 90.1 Å². The highest BCUT2D eigenvalue weighted by Gasteiger charge is 2.42. The monoisotopic (exact) mass is 1050 g/mol. The Kier molecular flexibility index (Phi) is 24.1. The molecule has 2 amide bonds. The first-order chi connectivity index (χ1) is 33.0. The van der Waals surface area contributed by atoms with Crippen LogP contribution in [0.25, 0.3) is 11.4 Å². The van der Waals surface area contributed by atoms with Crippen LogP contribution in [0.4, 0.5) is 0 Å². The molecule has 0 saturated carbocycles. The van der Waals surface area contributed by atoms with Gasteiger partial charge in [-0.15, -0.1) is 9.05 Å². The number of phosphoric acid groups is 1. The summed E-state index contributed by atoms with van der Waals surface area (Å²) in [5, 5.41) is 20.5. The summed E-state index contributed by atoms with van der Waals surface area (Å²) in [6.45, 7) is 13.4. The summed E-state index contributed by atoms with van der Waals surface area (Å²) < 4.78 is 90.7.